The summed E-state index contributed by atoms with van der Waals surface area (Å²) in [4.78, 5) is 26.9. The van der Waals surface area contributed by atoms with Crippen LogP contribution in [-0.4, -0.2) is 47.2 Å². The van der Waals surface area contributed by atoms with Crippen LogP contribution in [-0.2, 0) is 9.53 Å². The zero-order valence-electron chi connectivity index (χ0n) is 16.7. The number of nitrogens with zero attached hydrogens (tertiary/aromatic N) is 2. The molecule has 0 radical (unpaired) electrons. The van der Waals surface area contributed by atoms with Gasteiger partial charge in [0.2, 0.25) is 5.91 Å². The molecule has 0 saturated carbocycles. The second kappa shape index (κ2) is 7.70. The summed E-state index contributed by atoms with van der Waals surface area (Å²) >= 11 is 0. The molecule has 7 nitrogen and oxygen atoms in total. The van der Waals surface area contributed by atoms with E-state index in [2.05, 4.69) is 16.7 Å². The fraction of sp³-hybridized carbons (Fsp3) is 0.571. The molecule has 2 heterocycles. The molecule has 0 aliphatic carbocycles. The van der Waals surface area contributed by atoms with E-state index in [1.165, 1.54) is 0 Å². The van der Waals surface area contributed by atoms with Crippen molar-refractivity contribution < 1.29 is 14.3 Å². The monoisotopic (exact) mass is 384 g/mol. The highest BCUT2D eigenvalue weighted by Gasteiger charge is 2.55. The van der Waals surface area contributed by atoms with Crippen molar-refractivity contribution in [3.63, 3.8) is 0 Å². The standard InChI is InChI=1S/C21H28N4O3/c1-20(2,3)28-19(27)25-17-8-10-21(25,11-9-17)14-24-18(26)13-23-16-6-4-15(12-22)5-7-16/h4-7,17,23H,8-11,13-14H2,1-3H3,(H,24,26). The van der Waals surface area contributed by atoms with E-state index in [1.807, 2.05) is 25.7 Å². The molecule has 2 amide bonds. The highest BCUT2D eigenvalue weighted by Crippen LogP contribution is 2.46. The van der Waals surface area contributed by atoms with Gasteiger partial charge < -0.3 is 15.4 Å². The van der Waals surface area contributed by atoms with E-state index in [-0.39, 0.29) is 30.1 Å². The van der Waals surface area contributed by atoms with E-state index in [0.29, 0.717) is 12.1 Å². The molecular weight excluding hydrogens is 356 g/mol. The molecular formula is C21H28N4O3. The number of carbonyl (C=O) groups excluding carboxylic acids is 2. The Balaban J connectivity index is 1.54. The van der Waals surface area contributed by atoms with Crippen molar-refractivity contribution in [2.24, 2.45) is 0 Å². The van der Waals surface area contributed by atoms with Gasteiger partial charge in [0, 0.05) is 18.3 Å². The topological polar surface area (TPSA) is 94.5 Å². The number of rotatable bonds is 5. The Morgan fingerprint density at radius 3 is 2.46 bits per heavy atom. The average Bonchev–Trinajstić information content (AvgIpc) is 3.19. The predicted octanol–water partition coefficient (Wildman–Crippen LogP) is 3.02. The summed E-state index contributed by atoms with van der Waals surface area (Å²) in [6.07, 6.45) is 3.41. The molecule has 2 N–H and O–H groups in total. The van der Waals surface area contributed by atoms with Crippen LogP contribution in [0.15, 0.2) is 24.3 Å². The summed E-state index contributed by atoms with van der Waals surface area (Å²) in [5.41, 5.74) is 0.490. The Morgan fingerprint density at radius 2 is 1.89 bits per heavy atom. The van der Waals surface area contributed by atoms with E-state index >= 15 is 0 Å². The largest absolute Gasteiger partial charge is 0.444 e. The van der Waals surface area contributed by atoms with Crippen LogP contribution in [0.1, 0.15) is 52.0 Å². The average molecular weight is 384 g/mol. The maximum Gasteiger partial charge on any atom is 0.411 e. The van der Waals surface area contributed by atoms with Crippen molar-refractivity contribution in [3.8, 4) is 6.07 Å². The number of nitriles is 1. The summed E-state index contributed by atoms with van der Waals surface area (Å²) in [5, 5.41) is 14.9. The number of benzene rings is 1. The third-order valence-electron chi connectivity index (χ3n) is 5.43. The Morgan fingerprint density at radius 1 is 1.25 bits per heavy atom. The minimum atomic E-state index is -0.533. The normalized spacial score (nSPS) is 23.2. The second-order valence-corrected chi connectivity index (χ2v) is 8.63. The number of anilines is 1. The first-order chi connectivity index (χ1) is 13.2. The summed E-state index contributed by atoms with van der Waals surface area (Å²) in [6, 6.07) is 9.22. The van der Waals surface area contributed by atoms with Crippen molar-refractivity contribution in [1.82, 2.24) is 10.2 Å². The predicted molar refractivity (Wildman–Crippen MR) is 106 cm³/mol. The Kier molecular flexibility index (Phi) is 5.50. The molecule has 3 rings (SSSR count). The molecule has 0 spiro atoms. The summed E-state index contributed by atoms with van der Waals surface area (Å²) in [6.45, 7) is 6.18. The van der Waals surface area contributed by atoms with Crippen LogP contribution in [0.2, 0.25) is 0 Å². The molecule has 1 aromatic carbocycles. The lowest BCUT2D eigenvalue weighted by atomic mass is 9.87. The number of hydrogen-bond acceptors (Lipinski definition) is 5. The lowest BCUT2D eigenvalue weighted by Gasteiger charge is -2.36. The number of amides is 2. The summed E-state index contributed by atoms with van der Waals surface area (Å²) < 4.78 is 5.60. The fourth-order valence-electron chi connectivity index (χ4n) is 4.11. The number of ether oxygens (including phenoxy) is 1. The first kappa shape index (κ1) is 20.0. The van der Waals surface area contributed by atoms with Gasteiger partial charge in [0.1, 0.15) is 5.60 Å². The maximum absolute atomic E-state index is 12.7. The number of hydrogen-bond donors (Lipinski definition) is 2. The van der Waals surface area contributed by atoms with Crippen molar-refractivity contribution >= 4 is 17.7 Å². The van der Waals surface area contributed by atoms with E-state index in [9.17, 15) is 9.59 Å². The molecule has 2 bridgehead atoms. The highest BCUT2D eigenvalue weighted by molar-refractivity contribution is 5.81. The van der Waals surface area contributed by atoms with Gasteiger partial charge in [-0.05, 0) is 70.7 Å². The van der Waals surface area contributed by atoms with Crippen LogP contribution in [0.5, 0.6) is 0 Å². The van der Waals surface area contributed by atoms with Crippen molar-refractivity contribution in [2.75, 3.05) is 18.4 Å². The van der Waals surface area contributed by atoms with Gasteiger partial charge in [-0.25, -0.2) is 4.79 Å². The van der Waals surface area contributed by atoms with E-state index in [4.69, 9.17) is 10.00 Å². The van der Waals surface area contributed by atoms with Crippen molar-refractivity contribution in [2.45, 2.75) is 63.6 Å². The molecule has 0 atom stereocenters. The second-order valence-electron chi connectivity index (χ2n) is 8.63. The van der Waals surface area contributed by atoms with Gasteiger partial charge in [0.05, 0.1) is 23.7 Å². The first-order valence-electron chi connectivity index (χ1n) is 9.75. The Hall–Kier alpha value is -2.75. The minimum Gasteiger partial charge on any atom is -0.444 e. The quantitative estimate of drug-likeness (QED) is 0.814. The molecule has 1 aromatic rings. The third kappa shape index (κ3) is 4.38. The molecule has 2 aliphatic heterocycles. The van der Waals surface area contributed by atoms with E-state index in [1.54, 1.807) is 24.3 Å². The van der Waals surface area contributed by atoms with Gasteiger partial charge in [0.25, 0.3) is 0 Å². The molecule has 150 valence electrons. The van der Waals surface area contributed by atoms with Crippen LogP contribution in [0.25, 0.3) is 0 Å². The maximum atomic E-state index is 12.7. The molecule has 7 heteroatoms. The fourth-order valence-corrected chi connectivity index (χ4v) is 4.11. The van der Waals surface area contributed by atoms with Crippen LogP contribution in [0.3, 0.4) is 0 Å². The van der Waals surface area contributed by atoms with Gasteiger partial charge in [-0.15, -0.1) is 0 Å². The van der Waals surface area contributed by atoms with Gasteiger partial charge in [0.15, 0.2) is 0 Å². The van der Waals surface area contributed by atoms with E-state index < -0.39 is 5.60 Å². The number of carbonyl (C=O) groups is 2. The summed E-state index contributed by atoms with van der Waals surface area (Å²) in [7, 11) is 0. The lowest BCUT2D eigenvalue weighted by molar-refractivity contribution is -0.120. The van der Waals surface area contributed by atoms with Gasteiger partial charge >= 0.3 is 6.09 Å². The zero-order chi connectivity index (χ0) is 20.4. The number of fused-ring (bicyclic) bond motifs is 2. The molecule has 2 fully saturated rings. The SMILES string of the molecule is CC(C)(C)OC(=O)N1C2CCC1(CNC(=O)CNc1ccc(C#N)cc1)CC2. The zero-order valence-corrected chi connectivity index (χ0v) is 16.7. The van der Waals surface area contributed by atoms with Crippen LogP contribution >= 0.6 is 0 Å². The molecule has 28 heavy (non-hydrogen) atoms. The first-order valence-corrected chi connectivity index (χ1v) is 9.75. The Bertz CT molecular complexity index is 768. The highest BCUT2D eigenvalue weighted by atomic mass is 16.6. The third-order valence-corrected chi connectivity index (χ3v) is 5.43. The lowest BCUT2D eigenvalue weighted by Crippen LogP contribution is -2.53. The van der Waals surface area contributed by atoms with Gasteiger partial charge in [-0.3, -0.25) is 9.69 Å². The summed E-state index contributed by atoms with van der Waals surface area (Å²) in [5.74, 6) is -0.127. The van der Waals surface area contributed by atoms with Crippen LogP contribution in [0.4, 0.5) is 10.5 Å². The minimum absolute atomic E-state index is 0.127. The molecule has 0 aromatic heterocycles. The Labute approximate surface area is 166 Å². The van der Waals surface area contributed by atoms with Gasteiger partial charge in [-0.2, -0.15) is 5.26 Å². The van der Waals surface area contributed by atoms with Gasteiger partial charge in [-0.1, -0.05) is 0 Å². The smallest absolute Gasteiger partial charge is 0.411 e. The van der Waals surface area contributed by atoms with E-state index in [0.717, 1.165) is 31.4 Å². The molecule has 2 saturated heterocycles. The van der Waals surface area contributed by atoms with Crippen molar-refractivity contribution in [3.05, 3.63) is 29.8 Å². The molecule has 2 aliphatic rings. The van der Waals surface area contributed by atoms with Crippen LogP contribution < -0.4 is 10.6 Å². The van der Waals surface area contributed by atoms with Crippen LogP contribution in [0, 0.1) is 11.3 Å². The number of nitrogens with one attached hydrogen (secondary N) is 2. The van der Waals surface area contributed by atoms with Crippen molar-refractivity contribution in [1.29, 1.82) is 5.26 Å². The molecule has 0 unspecified atom stereocenters.